The molecular weight excluding hydrogens is 238 g/mol. The van der Waals surface area contributed by atoms with E-state index >= 15 is 0 Å². The molecule has 17 heavy (non-hydrogen) atoms. The number of carbonyl (C=O) groups excluding carboxylic acids is 2. The molecule has 2 amide bonds. The number of primary amides is 1. The van der Waals surface area contributed by atoms with Crippen LogP contribution in [-0.2, 0) is 9.59 Å². The lowest BCUT2D eigenvalue weighted by Crippen LogP contribution is -2.27. The number of nitrogens with zero attached hydrogens (tertiary/aromatic N) is 2. The lowest BCUT2D eigenvalue weighted by Gasteiger charge is -2.15. The molecule has 1 fully saturated rings. The zero-order chi connectivity index (χ0) is 12.3. The molecule has 1 unspecified atom stereocenters. The van der Waals surface area contributed by atoms with E-state index in [1.807, 2.05) is 5.38 Å². The second-order valence-corrected chi connectivity index (χ2v) is 5.11. The first-order valence-electron chi connectivity index (χ1n) is 5.62. The Bertz CT molecular complexity index is 405. The van der Waals surface area contributed by atoms with E-state index in [4.69, 9.17) is 5.73 Å². The molecule has 1 atom stereocenters. The van der Waals surface area contributed by atoms with Gasteiger partial charge in [-0.15, -0.1) is 11.3 Å². The third-order valence-electron chi connectivity index (χ3n) is 2.87. The van der Waals surface area contributed by atoms with Crippen molar-refractivity contribution in [1.29, 1.82) is 0 Å². The molecule has 0 saturated carbocycles. The van der Waals surface area contributed by atoms with Crippen LogP contribution in [0.1, 0.15) is 30.2 Å². The van der Waals surface area contributed by atoms with Crippen molar-refractivity contribution in [3.8, 4) is 0 Å². The molecule has 5 nitrogen and oxygen atoms in total. The Hall–Kier alpha value is -1.43. The summed E-state index contributed by atoms with van der Waals surface area (Å²) in [5, 5.41) is 2.95. The number of amides is 2. The van der Waals surface area contributed by atoms with E-state index in [0.29, 0.717) is 32.4 Å². The third-order valence-corrected chi connectivity index (χ3v) is 3.80. The maximum Gasteiger partial charge on any atom is 0.223 e. The average Bonchev–Trinajstić information content (AvgIpc) is 2.87. The predicted octanol–water partition coefficient (Wildman–Crippen LogP) is 0.724. The summed E-state index contributed by atoms with van der Waals surface area (Å²) in [6.07, 6.45) is 3.28. The molecule has 0 spiro atoms. The number of thiazole rings is 1. The Balaban J connectivity index is 1.85. The van der Waals surface area contributed by atoms with Crippen LogP contribution in [-0.4, -0.2) is 34.8 Å². The molecule has 1 aliphatic heterocycles. The Labute approximate surface area is 104 Å². The van der Waals surface area contributed by atoms with Gasteiger partial charge < -0.3 is 10.6 Å². The molecule has 2 N–H and O–H groups in total. The van der Waals surface area contributed by atoms with Crippen molar-refractivity contribution in [1.82, 2.24) is 9.88 Å². The monoisotopic (exact) mass is 253 g/mol. The van der Waals surface area contributed by atoms with Crippen molar-refractivity contribution >= 4 is 23.2 Å². The van der Waals surface area contributed by atoms with Crippen molar-refractivity contribution < 1.29 is 9.59 Å². The lowest BCUT2D eigenvalue weighted by molar-refractivity contribution is -0.128. The molecule has 6 heteroatoms. The third kappa shape index (κ3) is 3.03. The summed E-state index contributed by atoms with van der Waals surface area (Å²) >= 11 is 1.59. The highest BCUT2D eigenvalue weighted by atomic mass is 32.1. The van der Waals surface area contributed by atoms with Crippen LogP contribution in [0.25, 0.3) is 0 Å². The van der Waals surface area contributed by atoms with Gasteiger partial charge in [-0.3, -0.25) is 9.59 Å². The number of nitrogens with two attached hydrogens (primary N) is 1. The maximum atomic E-state index is 11.7. The highest BCUT2D eigenvalue weighted by Gasteiger charge is 2.31. The number of carbonyl (C=O) groups is 2. The van der Waals surface area contributed by atoms with Gasteiger partial charge in [0.15, 0.2) is 0 Å². The predicted molar refractivity (Wildman–Crippen MR) is 64.5 cm³/mol. The van der Waals surface area contributed by atoms with Crippen LogP contribution in [0.15, 0.2) is 11.6 Å². The van der Waals surface area contributed by atoms with Gasteiger partial charge in [-0.2, -0.15) is 0 Å². The summed E-state index contributed by atoms with van der Waals surface area (Å²) in [6.45, 7) is 1.33. The van der Waals surface area contributed by atoms with E-state index in [9.17, 15) is 9.59 Å². The number of hydrogen-bond donors (Lipinski definition) is 1. The highest BCUT2D eigenvalue weighted by molar-refractivity contribution is 7.09. The molecule has 92 valence electrons. The van der Waals surface area contributed by atoms with Gasteiger partial charge in [0.25, 0.3) is 0 Å². The number of likely N-dealkylation sites (tertiary alicyclic amines) is 1. The summed E-state index contributed by atoms with van der Waals surface area (Å²) in [5.74, 6) is 0.0545. The molecule has 2 rings (SSSR count). The van der Waals surface area contributed by atoms with Gasteiger partial charge in [-0.25, -0.2) is 4.98 Å². The standard InChI is InChI=1S/C11H15N3O2S/c12-9(15)2-1-4-14-7-8(6-10(14)16)11-13-3-5-17-11/h3,5,8H,1-2,4,6-7H2,(H2,12,15). The van der Waals surface area contributed by atoms with Gasteiger partial charge >= 0.3 is 0 Å². The molecule has 0 aliphatic carbocycles. The largest absolute Gasteiger partial charge is 0.370 e. The summed E-state index contributed by atoms with van der Waals surface area (Å²) in [7, 11) is 0. The smallest absolute Gasteiger partial charge is 0.223 e. The number of hydrogen-bond acceptors (Lipinski definition) is 4. The maximum absolute atomic E-state index is 11.7. The van der Waals surface area contributed by atoms with E-state index < -0.39 is 0 Å². The molecule has 1 aromatic rings. The molecule has 1 aliphatic rings. The van der Waals surface area contributed by atoms with Crippen molar-refractivity contribution in [3.05, 3.63) is 16.6 Å². The normalized spacial score (nSPS) is 19.9. The fraction of sp³-hybridized carbons (Fsp3) is 0.545. The SMILES string of the molecule is NC(=O)CCCN1CC(c2nccs2)CC1=O. The van der Waals surface area contributed by atoms with E-state index in [-0.39, 0.29) is 17.7 Å². The molecule has 0 radical (unpaired) electrons. The van der Waals surface area contributed by atoms with Crippen molar-refractivity contribution in [3.63, 3.8) is 0 Å². The highest BCUT2D eigenvalue weighted by Crippen LogP contribution is 2.29. The Morgan fingerprint density at radius 3 is 3.12 bits per heavy atom. The van der Waals surface area contributed by atoms with Gasteiger partial charge in [0.2, 0.25) is 11.8 Å². The van der Waals surface area contributed by atoms with Crippen LogP contribution >= 0.6 is 11.3 Å². The average molecular weight is 253 g/mol. The minimum atomic E-state index is -0.312. The summed E-state index contributed by atoms with van der Waals surface area (Å²) < 4.78 is 0. The first-order chi connectivity index (χ1) is 8.16. The molecule has 1 saturated heterocycles. The van der Waals surface area contributed by atoms with Gasteiger partial charge in [0.1, 0.15) is 0 Å². The van der Waals surface area contributed by atoms with Crippen molar-refractivity contribution in [2.75, 3.05) is 13.1 Å². The fourth-order valence-corrected chi connectivity index (χ4v) is 2.77. The van der Waals surface area contributed by atoms with Crippen LogP contribution < -0.4 is 5.73 Å². The lowest BCUT2D eigenvalue weighted by atomic mass is 10.1. The molecule has 0 bridgehead atoms. The Morgan fingerprint density at radius 2 is 2.47 bits per heavy atom. The Morgan fingerprint density at radius 1 is 1.65 bits per heavy atom. The van der Waals surface area contributed by atoms with Gasteiger partial charge in [-0.1, -0.05) is 0 Å². The van der Waals surface area contributed by atoms with Gasteiger partial charge in [-0.05, 0) is 6.42 Å². The van der Waals surface area contributed by atoms with Crippen LogP contribution in [0.5, 0.6) is 0 Å². The van der Waals surface area contributed by atoms with Crippen LogP contribution in [0, 0.1) is 0 Å². The quantitative estimate of drug-likeness (QED) is 0.840. The summed E-state index contributed by atoms with van der Waals surface area (Å²) in [5.41, 5.74) is 5.07. The fourth-order valence-electron chi connectivity index (χ4n) is 2.03. The summed E-state index contributed by atoms with van der Waals surface area (Å²) in [4.78, 5) is 28.4. The van der Waals surface area contributed by atoms with Gasteiger partial charge in [0, 0.05) is 43.4 Å². The van der Waals surface area contributed by atoms with Crippen LogP contribution in [0.4, 0.5) is 0 Å². The molecule has 2 heterocycles. The minimum Gasteiger partial charge on any atom is -0.370 e. The molecule has 1 aromatic heterocycles. The van der Waals surface area contributed by atoms with E-state index in [1.165, 1.54) is 0 Å². The zero-order valence-corrected chi connectivity index (χ0v) is 10.3. The Kier molecular flexibility index (Phi) is 3.73. The topological polar surface area (TPSA) is 76.3 Å². The second-order valence-electron chi connectivity index (χ2n) is 4.18. The van der Waals surface area contributed by atoms with E-state index in [2.05, 4.69) is 4.98 Å². The van der Waals surface area contributed by atoms with Crippen LogP contribution in [0.2, 0.25) is 0 Å². The number of rotatable bonds is 5. The first-order valence-corrected chi connectivity index (χ1v) is 6.50. The van der Waals surface area contributed by atoms with Crippen molar-refractivity contribution in [2.45, 2.75) is 25.2 Å². The minimum absolute atomic E-state index is 0.148. The van der Waals surface area contributed by atoms with Crippen molar-refractivity contribution in [2.24, 2.45) is 5.73 Å². The summed E-state index contributed by atoms with van der Waals surface area (Å²) in [6, 6.07) is 0. The molecular formula is C11H15N3O2S. The first kappa shape index (κ1) is 12.0. The van der Waals surface area contributed by atoms with E-state index in [0.717, 1.165) is 5.01 Å². The van der Waals surface area contributed by atoms with Gasteiger partial charge in [0.05, 0.1) is 5.01 Å². The second kappa shape index (κ2) is 5.27. The zero-order valence-electron chi connectivity index (χ0n) is 9.46. The number of aromatic nitrogens is 1. The molecule has 0 aromatic carbocycles. The van der Waals surface area contributed by atoms with E-state index in [1.54, 1.807) is 22.4 Å². The van der Waals surface area contributed by atoms with Crippen LogP contribution in [0.3, 0.4) is 0 Å².